The molecule has 0 saturated carbocycles. The summed E-state index contributed by atoms with van der Waals surface area (Å²) in [5.41, 5.74) is 3.00. The van der Waals surface area contributed by atoms with Gasteiger partial charge in [-0.3, -0.25) is 9.59 Å². The third-order valence-corrected chi connectivity index (χ3v) is 7.38. The number of aromatic nitrogens is 4. The van der Waals surface area contributed by atoms with E-state index in [1.54, 1.807) is 31.5 Å². The first kappa shape index (κ1) is 33.3. The molecule has 48 heavy (non-hydrogen) atoms. The van der Waals surface area contributed by atoms with Crippen molar-refractivity contribution in [2.45, 2.75) is 39.4 Å². The molecule has 2 aromatic heterocycles. The van der Waals surface area contributed by atoms with Crippen LogP contribution in [-0.2, 0) is 25.6 Å². The first-order chi connectivity index (χ1) is 23.0. The van der Waals surface area contributed by atoms with E-state index < -0.39 is 30.2 Å². The van der Waals surface area contributed by atoms with Crippen molar-refractivity contribution in [3.8, 4) is 45.5 Å². The Morgan fingerprint density at radius 2 is 1.38 bits per heavy atom. The number of nitrogens with zero attached hydrogens (tertiary/aromatic N) is 2. The number of carbonyl (C=O) groups is 4. The van der Waals surface area contributed by atoms with E-state index in [0.29, 0.717) is 46.0 Å². The van der Waals surface area contributed by atoms with E-state index in [1.807, 2.05) is 38.1 Å². The molecule has 0 fully saturated rings. The number of methoxy groups -OCH3 is 2. The van der Waals surface area contributed by atoms with Gasteiger partial charge in [0.25, 0.3) is 0 Å². The average molecular weight is 661 g/mol. The number of imidazole rings is 2. The van der Waals surface area contributed by atoms with E-state index in [1.165, 1.54) is 14.2 Å². The van der Waals surface area contributed by atoms with Crippen LogP contribution in [0.5, 0.6) is 23.0 Å². The number of rotatable bonds is 11. The number of benzene rings is 2. The predicted molar refractivity (Wildman–Crippen MR) is 171 cm³/mol. The number of hydrogen-bond acceptors (Lipinski definition) is 10. The topological polar surface area (TPSA) is 211 Å². The summed E-state index contributed by atoms with van der Waals surface area (Å²) in [7, 11) is 2.46. The van der Waals surface area contributed by atoms with Crippen molar-refractivity contribution in [2.24, 2.45) is 5.92 Å². The van der Waals surface area contributed by atoms with Crippen LogP contribution in [0.25, 0.3) is 22.5 Å². The molecule has 1 aliphatic heterocycles. The summed E-state index contributed by atoms with van der Waals surface area (Å²) in [6.07, 6.45) is 1.94. The van der Waals surface area contributed by atoms with E-state index in [4.69, 9.17) is 9.47 Å². The Hall–Kier alpha value is -6.06. The zero-order chi connectivity index (χ0) is 34.4. The number of amides is 4. The minimum atomic E-state index is -0.772. The Balaban J connectivity index is 1.21. The monoisotopic (exact) mass is 660 g/mol. The van der Waals surface area contributed by atoms with Gasteiger partial charge in [0.2, 0.25) is 11.8 Å². The van der Waals surface area contributed by atoms with Crippen LogP contribution in [0.1, 0.15) is 38.5 Å². The van der Waals surface area contributed by atoms with Gasteiger partial charge in [0.1, 0.15) is 24.2 Å². The lowest BCUT2D eigenvalue weighted by molar-refractivity contribution is -0.124. The first-order valence-electron chi connectivity index (χ1n) is 15.0. The van der Waals surface area contributed by atoms with Crippen LogP contribution in [-0.4, -0.2) is 70.7 Å². The molecular weight excluding hydrogens is 624 g/mol. The van der Waals surface area contributed by atoms with Gasteiger partial charge in [-0.1, -0.05) is 13.8 Å². The van der Waals surface area contributed by atoms with Gasteiger partial charge in [-0.05, 0) is 49.2 Å². The molecule has 0 radical (unpaired) electrons. The molecule has 2 unspecified atom stereocenters. The van der Waals surface area contributed by atoms with Gasteiger partial charge in [-0.15, -0.1) is 0 Å². The zero-order valence-corrected chi connectivity index (χ0v) is 26.9. The summed E-state index contributed by atoms with van der Waals surface area (Å²) < 4.78 is 21.4. The summed E-state index contributed by atoms with van der Waals surface area (Å²) in [5.74, 6) is 2.23. The lowest BCUT2D eigenvalue weighted by Gasteiger charge is -2.22. The summed E-state index contributed by atoms with van der Waals surface area (Å²) in [5, 5.41) is 10.4. The predicted octanol–water partition coefficient (Wildman–Crippen LogP) is 3.89. The molecule has 3 heterocycles. The van der Waals surface area contributed by atoms with Crippen molar-refractivity contribution in [3.63, 3.8) is 0 Å². The molecule has 0 saturated heterocycles. The highest BCUT2D eigenvalue weighted by atomic mass is 16.6. The first-order valence-corrected chi connectivity index (χ1v) is 15.0. The molecule has 16 nitrogen and oxygen atoms in total. The van der Waals surface area contributed by atoms with Crippen molar-refractivity contribution in [1.82, 2.24) is 41.2 Å². The normalized spacial score (nSPS) is 12.7. The Morgan fingerprint density at radius 3 is 1.98 bits per heavy atom. The summed E-state index contributed by atoms with van der Waals surface area (Å²) in [6, 6.07) is 9.72. The number of hydrogen-bond donors (Lipinski definition) is 6. The fourth-order valence-electron chi connectivity index (χ4n) is 4.78. The van der Waals surface area contributed by atoms with Crippen LogP contribution in [0, 0.1) is 5.92 Å². The molecule has 4 aromatic rings. The van der Waals surface area contributed by atoms with E-state index >= 15 is 0 Å². The van der Waals surface area contributed by atoms with Gasteiger partial charge in [0, 0.05) is 11.1 Å². The van der Waals surface area contributed by atoms with Gasteiger partial charge in [0.15, 0.2) is 23.0 Å². The SMILES string of the molecule is COC(=O)NCC(=O)NCc1ncc(-c2ccc3c(c2)Oc2ccc(-c4cnc(C(C)NC(=O)C(NC(=O)OC)C(C)C)[nH]4)cc2O3)[nH]1. The largest absolute Gasteiger partial charge is 0.453 e. The number of nitrogens with one attached hydrogen (secondary N) is 6. The molecule has 0 spiro atoms. The molecule has 5 rings (SSSR count). The molecule has 4 amide bonds. The Kier molecular flexibility index (Phi) is 10.1. The van der Waals surface area contributed by atoms with Gasteiger partial charge in [-0.2, -0.15) is 0 Å². The van der Waals surface area contributed by atoms with E-state index in [0.717, 1.165) is 11.1 Å². The van der Waals surface area contributed by atoms with Crippen molar-refractivity contribution in [2.75, 3.05) is 20.8 Å². The lowest BCUT2D eigenvalue weighted by Crippen LogP contribution is -2.50. The number of H-pyrrole nitrogens is 2. The number of ether oxygens (including phenoxy) is 4. The van der Waals surface area contributed by atoms with Crippen molar-refractivity contribution >= 4 is 24.0 Å². The molecule has 1 aliphatic rings. The molecule has 16 heteroatoms. The van der Waals surface area contributed by atoms with Gasteiger partial charge in [-0.25, -0.2) is 19.6 Å². The highest BCUT2D eigenvalue weighted by Gasteiger charge is 2.27. The van der Waals surface area contributed by atoms with Crippen LogP contribution < -0.4 is 30.7 Å². The van der Waals surface area contributed by atoms with Crippen molar-refractivity contribution in [3.05, 3.63) is 60.4 Å². The minimum absolute atomic E-state index is 0.139. The fraction of sp³-hybridized carbons (Fsp3) is 0.312. The van der Waals surface area contributed by atoms with Crippen LogP contribution >= 0.6 is 0 Å². The number of alkyl carbamates (subject to hydrolysis) is 2. The third-order valence-electron chi connectivity index (χ3n) is 7.38. The number of fused-ring (bicyclic) bond motifs is 2. The molecule has 252 valence electrons. The minimum Gasteiger partial charge on any atom is -0.453 e. The molecule has 2 aromatic carbocycles. The van der Waals surface area contributed by atoms with Crippen LogP contribution in [0.15, 0.2) is 48.8 Å². The van der Waals surface area contributed by atoms with Gasteiger partial charge < -0.3 is 50.2 Å². The van der Waals surface area contributed by atoms with Crippen LogP contribution in [0.2, 0.25) is 0 Å². The zero-order valence-electron chi connectivity index (χ0n) is 26.9. The molecule has 0 aliphatic carbocycles. The smallest absolute Gasteiger partial charge is 0.407 e. The molecular formula is C32H36N8O8. The van der Waals surface area contributed by atoms with E-state index in [-0.39, 0.29) is 24.9 Å². The standard InChI is InChI=1S/C32H36N8O8/c1-16(2)28(40-32(44)46-5)30(42)37-17(3)29-35-13-21(39-29)19-7-9-23-25(11-19)48-22-8-6-18(10-24(22)47-23)20-12-33-26(38-20)14-34-27(41)15-36-31(43)45-4/h6-13,16-17,28H,14-15H2,1-5H3,(H,33,38)(H,34,41)(H,35,39)(H,36,43)(H,37,42)(H,40,44). The Morgan fingerprint density at radius 1 is 0.771 bits per heavy atom. The fourth-order valence-corrected chi connectivity index (χ4v) is 4.78. The maximum absolute atomic E-state index is 12.9. The third kappa shape index (κ3) is 7.83. The van der Waals surface area contributed by atoms with Crippen molar-refractivity contribution in [1.29, 1.82) is 0 Å². The van der Waals surface area contributed by atoms with Crippen molar-refractivity contribution < 1.29 is 38.1 Å². The highest BCUT2D eigenvalue weighted by Crippen LogP contribution is 2.47. The second kappa shape index (κ2) is 14.6. The maximum Gasteiger partial charge on any atom is 0.407 e. The second-order valence-corrected chi connectivity index (χ2v) is 11.2. The lowest BCUT2D eigenvalue weighted by atomic mass is 10.0. The molecule has 0 bridgehead atoms. The maximum atomic E-state index is 12.9. The van der Waals surface area contributed by atoms with Gasteiger partial charge >= 0.3 is 12.2 Å². The summed E-state index contributed by atoms with van der Waals surface area (Å²) >= 11 is 0. The number of carbonyl (C=O) groups excluding carboxylic acids is 4. The average Bonchev–Trinajstić information content (AvgIpc) is 3.78. The van der Waals surface area contributed by atoms with Gasteiger partial charge in [0.05, 0.1) is 50.6 Å². The molecule has 2 atom stereocenters. The van der Waals surface area contributed by atoms with Crippen LogP contribution in [0.3, 0.4) is 0 Å². The highest BCUT2D eigenvalue weighted by molar-refractivity contribution is 5.86. The quantitative estimate of drug-likeness (QED) is 0.120. The molecule has 6 N–H and O–H groups in total. The van der Waals surface area contributed by atoms with Crippen LogP contribution in [0.4, 0.5) is 9.59 Å². The second-order valence-electron chi connectivity index (χ2n) is 11.2. The van der Waals surface area contributed by atoms with E-state index in [9.17, 15) is 19.2 Å². The summed E-state index contributed by atoms with van der Waals surface area (Å²) in [6.45, 7) is 5.37. The number of aromatic amines is 2. The van der Waals surface area contributed by atoms with E-state index in [2.05, 4.69) is 50.7 Å². The Labute approximate surface area is 275 Å². The summed E-state index contributed by atoms with van der Waals surface area (Å²) in [4.78, 5) is 62.8. The Bertz CT molecular complexity index is 1820.